The molecule has 2 fully saturated rings. The molecule has 12 heteroatoms. The van der Waals surface area contributed by atoms with Gasteiger partial charge in [-0.15, -0.1) is 0 Å². The number of aryl methyl sites for hydroxylation is 1. The van der Waals surface area contributed by atoms with Crippen LogP contribution >= 0.6 is 11.6 Å². The van der Waals surface area contributed by atoms with E-state index < -0.39 is 21.9 Å². The first kappa shape index (κ1) is 33.3. The third-order valence-corrected chi connectivity index (χ3v) is 12.6. The molecule has 1 saturated heterocycles. The number of aromatic carboxylic acids is 1. The number of sulfone groups is 1. The molecule has 4 aliphatic rings. The van der Waals surface area contributed by atoms with Crippen LogP contribution in [-0.2, 0) is 31.1 Å². The molecule has 6 atom stereocenters. The number of anilines is 1. The van der Waals surface area contributed by atoms with Gasteiger partial charge < -0.3 is 24.2 Å². The molecule has 2 aliphatic carbocycles. The Morgan fingerprint density at radius 1 is 1.17 bits per heavy atom. The van der Waals surface area contributed by atoms with Crippen molar-refractivity contribution in [1.82, 2.24) is 9.97 Å². The van der Waals surface area contributed by atoms with Crippen LogP contribution in [0.5, 0.6) is 5.75 Å². The second kappa shape index (κ2) is 13.6. The van der Waals surface area contributed by atoms with Crippen molar-refractivity contribution in [3.8, 4) is 5.75 Å². The van der Waals surface area contributed by atoms with Gasteiger partial charge in [0.1, 0.15) is 5.75 Å². The average Bonchev–Trinajstić information content (AvgIpc) is 3.20. The van der Waals surface area contributed by atoms with E-state index in [9.17, 15) is 18.3 Å². The predicted octanol–water partition coefficient (Wildman–Crippen LogP) is 5.75. The summed E-state index contributed by atoms with van der Waals surface area (Å²) in [4.78, 5) is 22.2. The number of carboxylic acid groups (broad SMARTS) is 1. The zero-order valence-corrected chi connectivity index (χ0v) is 28.7. The fourth-order valence-electron chi connectivity index (χ4n) is 8.26. The lowest BCUT2D eigenvalue weighted by Crippen LogP contribution is -2.51. The Labute approximate surface area is 286 Å². The summed E-state index contributed by atoms with van der Waals surface area (Å²) in [6, 6.07) is 13.0. The number of rotatable bonds is 9. The molecule has 3 aromatic rings. The largest absolute Gasteiger partial charge is 0.490 e. The monoisotopic (exact) mass is 695 g/mol. The second-order valence-corrected chi connectivity index (χ2v) is 16.3. The van der Waals surface area contributed by atoms with Crippen LogP contribution in [-0.4, -0.2) is 79.8 Å². The van der Waals surface area contributed by atoms with Crippen molar-refractivity contribution in [1.29, 1.82) is 0 Å². The molecule has 0 bridgehead atoms. The van der Waals surface area contributed by atoms with E-state index >= 15 is 0 Å². The third-order valence-electron chi connectivity index (χ3n) is 10.7. The standard InChI is InChI=1S/C36H42ClN3O7S/c1-23(20-48(43,44)35-38-13-3-14-39-35)47-28-11-15-45-33(18-28)29-8-5-26(29)19-40-21-36(12-2-4-24-16-27(37)7-9-30(24)36)22-46-32-10-6-25(34(41)42)17-31(32)40/h3,6-7,9-10,13-14,16-17,23,26,28-29,33H,2,4-5,8,11-12,15,18-22H2,1H3,(H,41,42)/t23?,26-,28-,29+,33-,36?/m0/s1. The van der Waals surface area contributed by atoms with Crippen molar-refractivity contribution in [3.05, 3.63) is 76.6 Å². The number of fused-ring (bicyclic) bond motifs is 3. The molecule has 1 aromatic heterocycles. The minimum Gasteiger partial charge on any atom is -0.490 e. The minimum absolute atomic E-state index is 0.00308. The lowest BCUT2D eigenvalue weighted by Gasteiger charge is -2.48. The summed E-state index contributed by atoms with van der Waals surface area (Å²) >= 11 is 6.41. The molecule has 10 nitrogen and oxygen atoms in total. The minimum atomic E-state index is -3.66. The van der Waals surface area contributed by atoms with Gasteiger partial charge in [0.25, 0.3) is 0 Å². The topological polar surface area (TPSA) is 128 Å². The van der Waals surface area contributed by atoms with E-state index in [0.717, 1.165) is 55.9 Å². The Morgan fingerprint density at radius 2 is 2.00 bits per heavy atom. The molecule has 3 heterocycles. The molecule has 0 amide bonds. The van der Waals surface area contributed by atoms with Gasteiger partial charge in [-0.2, -0.15) is 0 Å². The number of nitrogens with zero attached hydrogens (tertiary/aromatic N) is 3. The maximum absolute atomic E-state index is 12.8. The maximum Gasteiger partial charge on any atom is 0.335 e. The molecule has 7 rings (SSSR count). The predicted molar refractivity (Wildman–Crippen MR) is 181 cm³/mol. The van der Waals surface area contributed by atoms with Crippen LogP contribution in [0.2, 0.25) is 5.02 Å². The van der Waals surface area contributed by atoms with E-state index in [1.54, 1.807) is 31.2 Å². The Kier molecular flexibility index (Phi) is 9.40. The number of benzene rings is 2. The summed E-state index contributed by atoms with van der Waals surface area (Å²) in [7, 11) is -3.66. The fraction of sp³-hybridized carbons (Fsp3) is 0.528. The van der Waals surface area contributed by atoms with Gasteiger partial charge in [0, 0.05) is 48.9 Å². The van der Waals surface area contributed by atoms with Gasteiger partial charge in [-0.1, -0.05) is 17.7 Å². The van der Waals surface area contributed by atoms with Gasteiger partial charge in [0.15, 0.2) is 0 Å². The Bertz CT molecular complexity index is 1760. The van der Waals surface area contributed by atoms with Crippen molar-refractivity contribution < 1.29 is 32.5 Å². The Morgan fingerprint density at radius 3 is 2.77 bits per heavy atom. The van der Waals surface area contributed by atoms with Gasteiger partial charge >= 0.3 is 5.97 Å². The van der Waals surface area contributed by atoms with Crippen molar-refractivity contribution in [3.63, 3.8) is 0 Å². The molecule has 2 aromatic carbocycles. The summed E-state index contributed by atoms with van der Waals surface area (Å²) in [5, 5.41) is 10.4. The van der Waals surface area contributed by atoms with Crippen molar-refractivity contribution in [2.75, 3.05) is 37.0 Å². The normalized spacial score (nSPS) is 27.6. The summed E-state index contributed by atoms with van der Waals surface area (Å²) < 4.78 is 44.8. The van der Waals surface area contributed by atoms with Gasteiger partial charge in [-0.05, 0) is 105 Å². The van der Waals surface area contributed by atoms with Gasteiger partial charge in [0.05, 0.1) is 41.9 Å². The van der Waals surface area contributed by atoms with Crippen LogP contribution in [0.1, 0.15) is 66.9 Å². The van der Waals surface area contributed by atoms with Crippen molar-refractivity contribution in [2.24, 2.45) is 11.8 Å². The first-order valence-electron chi connectivity index (χ1n) is 16.9. The maximum atomic E-state index is 12.8. The highest BCUT2D eigenvalue weighted by Crippen LogP contribution is 2.47. The van der Waals surface area contributed by atoms with Gasteiger partial charge in [-0.25, -0.2) is 23.2 Å². The quantitative estimate of drug-likeness (QED) is 0.276. The van der Waals surface area contributed by atoms with Crippen LogP contribution in [0.15, 0.2) is 60.0 Å². The molecule has 256 valence electrons. The number of hydrogen-bond donors (Lipinski definition) is 1. The molecule has 1 saturated carbocycles. The summed E-state index contributed by atoms with van der Waals surface area (Å²) in [5.74, 6) is 0.219. The number of hydrogen-bond acceptors (Lipinski definition) is 9. The van der Waals surface area contributed by atoms with E-state index in [-0.39, 0.29) is 34.1 Å². The third kappa shape index (κ3) is 6.79. The van der Waals surface area contributed by atoms with Crippen molar-refractivity contribution in [2.45, 2.75) is 80.8 Å². The smallest absolute Gasteiger partial charge is 0.335 e. The fourth-order valence-corrected chi connectivity index (χ4v) is 9.74. The van der Waals surface area contributed by atoms with Crippen LogP contribution in [0, 0.1) is 11.8 Å². The number of carbonyl (C=O) groups is 1. The van der Waals surface area contributed by atoms with Crippen LogP contribution in [0.25, 0.3) is 0 Å². The zero-order valence-electron chi connectivity index (χ0n) is 27.1. The van der Waals surface area contributed by atoms with Gasteiger partial charge in [0.2, 0.25) is 15.0 Å². The van der Waals surface area contributed by atoms with E-state index in [4.69, 9.17) is 25.8 Å². The lowest BCUT2D eigenvalue weighted by atomic mass is 9.67. The second-order valence-electron chi connectivity index (χ2n) is 13.9. The highest BCUT2D eigenvalue weighted by Gasteiger charge is 2.45. The molecule has 0 radical (unpaired) electrons. The molecule has 1 spiro atoms. The number of aromatic nitrogens is 2. The average molecular weight is 696 g/mol. The Hall–Kier alpha value is -3.25. The van der Waals surface area contributed by atoms with Crippen LogP contribution in [0.4, 0.5) is 5.69 Å². The van der Waals surface area contributed by atoms with Crippen molar-refractivity contribution >= 4 is 33.1 Å². The number of halogens is 1. The molecular weight excluding hydrogens is 654 g/mol. The van der Waals surface area contributed by atoms with Crippen LogP contribution in [0.3, 0.4) is 0 Å². The molecule has 48 heavy (non-hydrogen) atoms. The number of carboxylic acids is 1. The van der Waals surface area contributed by atoms with E-state index in [1.165, 1.54) is 23.5 Å². The molecule has 2 aliphatic heterocycles. The van der Waals surface area contributed by atoms with E-state index in [2.05, 4.69) is 27.0 Å². The molecular formula is C36H42ClN3O7S. The lowest BCUT2D eigenvalue weighted by molar-refractivity contribution is -0.126. The summed E-state index contributed by atoms with van der Waals surface area (Å²) in [5.41, 5.74) is 3.34. The highest BCUT2D eigenvalue weighted by atomic mass is 35.5. The summed E-state index contributed by atoms with van der Waals surface area (Å²) in [6.45, 7) is 4.33. The van der Waals surface area contributed by atoms with Crippen LogP contribution < -0.4 is 9.64 Å². The molecule has 2 unspecified atom stereocenters. The van der Waals surface area contributed by atoms with Gasteiger partial charge in [-0.3, -0.25) is 0 Å². The Balaban J connectivity index is 1.08. The first-order chi connectivity index (χ1) is 23.1. The summed E-state index contributed by atoms with van der Waals surface area (Å²) in [6.07, 6.45) is 8.72. The van der Waals surface area contributed by atoms with E-state index in [1.807, 2.05) is 6.07 Å². The van der Waals surface area contributed by atoms with E-state index in [0.29, 0.717) is 43.6 Å². The zero-order chi connectivity index (χ0) is 33.5. The highest BCUT2D eigenvalue weighted by molar-refractivity contribution is 7.91. The first-order valence-corrected chi connectivity index (χ1v) is 18.9. The number of ether oxygens (including phenoxy) is 3. The molecule has 1 N–H and O–H groups in total. The SMILES string of the molecule is CC(CS(=O)(=O)c1ncccn1)O[C@H]1CCO[C@H]([C@@H]2CC[C@H]2CN2CC3(CCCc4cc(Cl)ccc43)COc3ccc(C(=O)O)cc32)C1.